The molecule has 0 radical (unpaired) electrons. The molecular formula is C19H16BrN3O2. The Bertz CT molecular complexity index is 848. The maximum Gasteiger partial charge on any atom is 0.266 e. The van der Waals surface area contributed by atoms with Crippen LogP contribution in [-0.4, -0.2) is 30.8 Å². The molecule has 5 nitrogen and oxygen atoms in total. The molecule has 0 unspecified atom stereocenters. The quantitative estimate of drug-likeness (QED) is 0.631. The van der Waals surface area contributed by atoms with Crippen LogP contribution in [-0.2, 0) is 4.79 Å². The van der Waals surface area contributed by atoms with Crippen molar-refractivity contribution in [3.05, 3.63) is 69.7 Å². The number of carbonyl (C=O) groups is 2. The molecule has 0 aliphatic rings. The number of nitrogens with zero attached hydrogens (tertiary/aromatic N) is 2. The second kappa shape index (κ2) is 8.27. The summed E-state index contributed by atoms with van der Waals surface area (Å²) in [5.74, 6) is -0.622. The smallest absolute Gasteiger partial charge is 0.266 e. The van der Waals surface area contributed by atoms with Gasteiger partial charge in [0.05, 0.1) is 0 Å². The van der Waals surface area contributed by atoms with Crippen LogP contribution in [0, 0.1) is 11.3 Å². The van der Waals surface area contributed by atoms with Crippen LogP contribution in [0.25, 0.3) is 6.08 Å². The van der Waals surface area contributed by atoms with Gasteiger partial charge in [0.1, 0.15) is 11.6 Å². The van der Waals surface area contributed by atoms with Gasteiger partial charge in [-0.2, -0.15) is 5.26 Å². The van der Waals surface area contributed by atoms with Gasteiger partial charge in [-0.1, -0.05) is 28.1 Å². The zero-order valence-electron chi connectivity index (χ0n) is 13.8. The number of carbonyl (C=O) groups excluding carboxylic acids is 2. The first-order chi connectivity index (χ1) is 11.9. The predicted octanol–water partition coefficient (Wildman–Crippen LogP) is 3.70. The Kier molecular flexibility index (Phi) is 6.09. The van der Waals surface area contributed by atoms with Gasteiger partial charge in [-0.3, -0.25) is 9.59 Å². The molecule has 25 heavy (non-hydrogen) atoms. The van der Waals surface area contributed by atoms with E-state index >= 15 is 0 Å². The fourth-order valence-electron chi connectivity index (χ4n) is 2.03. The van der Waals surface area contributed by atoms with Crippen molar-refractivity contribution in [3.8, 4) is 6.07 Å². The van der Waals surface area contributed by atoms with Crippen molar-refractivity contribution in [2.24, 2.45) is 0 Å². The number of nitrogens with one attached hydrogen (secondary N) is 1. The monoisotopic (exact) mass is 397 g/mol. The van der Waals surface area contributed by atoms with Crippen LogP contribution in [0.5, 0.6) is 0 Å². The second-order valence-electron chi connectivity index (χ2n) is 5.45. The number of hydrogen-bond donors (Lipinski definition) is 1. The molecule has 0 spiro atoms. The Morgan fingerprint density at radius 1 is 1.08 bits per heavy atom. The predicted molar refractivity (Wildman–Crippen MR) is 101 cm³/mol. The molecule has 2 rings (SSSR count). The van der Waals surface area contributed by atoms with Crippen LogP contribution in [0.1, 0.15) is 15.9 Å². The van der Waals surface area contributed by atoms with Crippen molar-refractivity contribution in [2.45, 2.75) is 0 Å². The molecule has 0 aliphatic heterocycles. The van der Waals surface area contributed by atoms with Crippen molar-refractivity contribution >= 4 is 39.5 Å². The zero-order chi connectivity index (χ0) is 18.4. The van der Waals surface area contributed by atoms with Gasteiger partial charge in [0.2, 0.25) is 0 Å². The average Bonchev–Trinajstić information content (AvgIpc) is 2.61. The van der Waals surface area contributed by atoms with E-state index in [0.29, 0.717) is 11.3 Å². The topological polar surface area (TPSA) is 73.2 Å². The van der Waals surface area contributed by atoms with Gasteiger partial charge in [0.25, 0.3) is 11.8 Å². The minimum atomic E-state index is -0.503. The van der Waals surface area contributed by atoms with Crippen LogP contribution >= 0.6 is 15.9 Å². The summed E-state index contributed by atoms with van der Waals surface area (Å²) in [6.07, 6.45) is 1.52. The van der Waals surface area contributed by atoms with Gasteiger partial charge in [-0.15, -0.1) is 0 Å². The van der Waals surface area contributed by atoms with Crippen molar-refractivity contribution in [1.29, 1.82) is 5.26 Å². The normalized spacial score (nSPS) is 10.7. The number of rotatable bonds is 4. The highest BCUT2D eigenvalue weighted by molar-refractivity contribution is 9.10. The molecule has 0 bridgehead atoms. The largest absolute Gasteiger partial charge is 0.345 e. The summed E-state index contributed by atoms with van der Waals surface area (Å²) in [6.45, 7) is 0. The van der Waals surface area contributed by atoms with E-state index in [1.807, 2.05) is 18.2 Å². The lowest BCUT2D eigenvalue weighted by Gasteiger charge is -2.10. The molecular weight excluding hydrogens is 382 g/mol. The molecule has 6 heteroatoms. The molecule has 2 amide bonds. The first kappa shape index (κ1) is 18.4. The van der Waals surface area contributed by atoms with Gasteiger partial charge in [-0.05, 0) is 48.0 Å². The van der Waals surface area contributed by atoms with E-state index in [4.69, 9.17) is 0 Å². The lowest BCUT2D eigenvalue weighted by atomic mass is 10.1. The Morgan fingerprint density at radius 2 is 1.68 bits per heavy atom. The van der Waals surface area contributed by atoms with Crippen molar-refractivity contribution in [3.63, 3.8) is 0 Å². The molecule has 0 aliphatic carbocycles. The number of benzene rings is 2. The lowest BCUT2D eigenvalue weighted by molar-refractivity contribution is -0.112. The molecule has 0 saturated carbocycles. The molecule has 0 heterocycles. The molecule has 0 aromatic heterocycles. The van der Waals surface area contributed by atoms with Crippen LogP contribution in [0.4, 0.5) is 5.69 Å². The molecule has 1 N–H and O–H groups in total. The third-order valence-corrected chi connectivity index (χ3v) is 3.87. The van der Waals surface area contributed by atoms with E-state index in [2.05, 4.69) is 21.2 Å². The Hall–Kier alpha value is -2.91. The fraction of sp³-hybridized carbons (Fsp3) is 0.105. The van der Waals surface area contributed by atoms with E-state index in [1.54, 1.807) is 50.5 Å². The summed E-state index contributed by atoms with van der Waals surface area (Å²) in [5, 5.41) is 11.9. The van der Waals surface area contributed by atoms with Crippen LogP contribution in [0.15, 0.2) is 58.6 Å². The maximum atomic E-state index is 12.3. The number of anilines is 1. The van der Waals surface area contributed by atoms with E-state index in [0.717, 1.165) is 10.0 Å². The van der Waals surface area contributed by atoms with E-state index < -0.39 is 5.91 Å². The Balaban J connectivity index is 2.13. The van der Waals surface area contributed by atoms with E-state index in [9.17, 15) is 14.9 Å². The summed E-state index contributed by atoms with van der Waals surface area (Å²) in [7, 11) is 3.34. The van der Waals surface area contributed by atoms with Crippen LogP contribution in [0.3, 0.4) is 0 Å². The van der Waals surface area contributed by atoms with E-state index in [-0.39, 0.29) is 11.5 Å². The van der Waals surface area contributed by atoms with Crippen LogP contribution in [0.2, 0.25) is 0 Å². The van der Waals surface area contributed by atoms with Crippen molar-refractivity contribution < 1.29 is 9.59 Å². The van der Waals surface area contributed by atoms with Gasteiger partial charge in [0, 0.05) is 29.8 Å². The zero-order valence-corrected chi connectivity index (χ0v) is 15.4. The molecule has 2 aromatic rings. The highest BCUT2D eigenvalue weighted by Crippen LogP contribution is 2.15. The van der Waals surface area contributed by atoms with Gasteiger partial charge in [0.15, 0.2) is 0 Å². The highest BCUT2D eigenvalue weighted by atomic mass is 79.9. The lowest BCUT2D eigenvalue weighted by Crippen LogP contribution is -2.21. The van der Waals surface area contributed by atoms with Crippen LogP contribution < -0.4 is 5.32 Å². The van der Waals surface area contributed by atoms with Crippen molar-refractivity contribution in [2.75, 3.05) is 19.4 Å². The Morgan fingerprint density at radius 3 is 2.20 bits per heavy atom. The number of nitriles is 1. The maximum absolute atomic E-state index is 12.3. The fourth-order valence-corrected chi connectivity index (χ4v) is 2.29. The molecule has 126 valence electrons. The van der Waals surface area contributed by atoms with Gasteiger partial charge >= 0.3 is 0 Å². The summed E-state index contributed by atoms with van der Waals surface area (Å²) in [6, 6.07) is 15.7. The van der Waals surface area contributed by atoms with Gasteiger partial charge < -0.3 is 10.2 Å². The Labute approximate surface area is 154 Å². The minimum absolute atomic E-state index is 0.00392. The first-order valence-electron chi connectivity index (χ1n) is 7.41. The summed E-state index contributed by atoms with van der Waals surface area (Å²) < 4.78 is 0.917. The highest BCUT2D eigenvalue weighted by Gasteiger charge is 2.11. The summed E-state index contributed by atoms with van der Waals surface area (Å²) >= 11 is 3.33. The number of hydrogen-bond acceptors (Lipinski definition) is 3. The minimum Gasteiger partial charge on any atom is -0.345 e. The van der Waals surface area contributed by atoms with Crippen molar-refractivity contribution in [1.82, 2.24) is 4.90 Å². The molecule has 0 fully saturated rings. The SMILES string of the molecule is CN(C)C(=O)c1ccc(NC(=O)/C(C#N)=C/c2ccc(Br)cc2)cc1. The third kappa shape index (κ3) is 5.03. The molecule has 2 aromatic carbocycles. The second-order valence-corrected chi connectivity index (χ2v) is 6.37. The molecule has 0 atom stereocenters. The average molecular weight is 398 g/mol. The first-order valence-corrected chi connectivity index (χ1v) is 8.20. The summed E-state index contributed by atoms with van der Waals surface area (Å²) in [5.41, 5.74) is 1.78. The third-order valence-electron chi connectivity index (χ3n) is 3.34. The standard InChI is InChI=1S/C19H16BrN3O2/c1-23(2)19(25)14-5-9-17(10-6-14)22-18(24)15(12-21)11-13-3-7-16(20)8-4-13/h3-11H,1-2H3,(H,22,24)/b15-11+. The number of halogens is 1. The van der Waals surface area contributed by atoms with E-state index in [1.165, 1.54) is 11.0 Å². The van der Waals surface area contributed by atoms with Gasteiger partial charge in [-0.25, -0.2) is 0 Å². The number of amides is 2. The molecule has 0 saturated heterocycles. The summed E-state index contributed by atoms with van der Waals surface area (Å²) in [4.78, 5) is 25.6.